The van der Waals surface area contributed by atoms with Gasteiger partial charge in [-0.15, -0.1) is 0 Å². The molecule has 0 amide bonds. The quantitative estimate of drug-likeness (QED) is 0.601. The Morgan fingerprint density at radius 2 is 1.42 bits per heavy atom. The third kappa shape index (κ3) is 1.74. The van der Waals surface area contributed by atoms with Crippen LogP contribution in [0.15, 0.2) is 12.1 Å². The highest BCUT2D eigenvalue weighted by Crippen LogP contribution is 2.05. The molecule has 0 atom stereocenters. The van der Waals surface area contributed by atoms with Gasteiger partial charge in [-0.3, -0.25) is 0 Å². The standard InChI is InChI=1S/C9H14O2Si/c1-6-4-7(2)9(12(10)11)8(3)5-6/h4-5,10-12H,1-3H3. The zero-order valence-electron chi connectivity index (χ0n) is 7.63. The molecule has 1 rings (SSSR count). The van der Waals surface area contributed by atoms with Crippen LogP contribution >= 0.6 is 0 Å². The molecule has 2 N–H and O–H groups in total. The van der Waals surface area contributed by atoms with Gasteiger partial charge in [0.25, 0.3) is 0 Å². The van der Waals surface area contributed by atoms with Crippen molar-refractivity contribution < 1.29 is 9.59 Å². The van der Waals surface area contributed by atoms with Crippen LogP contribution in [0.3, 0.4) is 0 Å². The van der Waals surface area contributed by atoms with Gasteiger partial charge < -0.3 is 9.59 Å². The largest absolute Gasteiger partial charge is 0.410 e. The van der Waals surface area contributed by atoms with E-state index in [4.69, 9.17) is 0 Å². The first-order valence-electron chi connectivity index (χ1n) is 3.96. The molecule has 0 heterocycles. The summed E-state index contributed by atoms with van der Waals surface area (Å²) in [6, 6.07) is 3.96. The first-order valence-corrected chi connectivity index (χ1v) is 5.57. The highest BCUT2D eigenvalue weighted by atomic mass is 28.3. The van der Waals surface area contributed by atoms with Crippen molar-refractivity contribution in [2.24, 2.45) is 0 Å². The van der Waals surface area contributed by atoms with E-state index in [0.717, 1.165) is 16.3 Å². The molecule has 3 heteroatoms. The van der Waals surface area contributed by atoms with E-state index in [-0.39, 0.29) is 0 Å². The lowest BCUT2D eigenvalue weighted by Gasteiger charge is -2.10. The second-order valence-corrected chi connectivity index (χ2v) is 4.51. The average Bonchev–Trinajstić information content (AvgIpc) is 1.82. The molecule has 0 saturated heterocycles. The van der Waals surface area contributed by atoms with Crippen LogP contribution in [-0.4, -0.2) is 18.9 Å². The minimum absolute atomic E-state index is 0.764. The summed E-state index contributed by atoms with van der Waals surface area (Å²) in [4.78, 5) is 18.3. The van der Waals surface area contributed by atoms with Gasteiger partial charge in [0.1, 0.15) is 0 Å². The monoisotopic (exact) mass is 182 g/mol. The molecule has 1 aromatic carbocycles. The summed E-state index contributed by atoms with van der Waals surface area (Å²) < 4.78 is 0. The number of hydrogen-bond donors (Lipinski definition) is 2. The second-order valence-electron chi connectivity index (χ2n) is 3.19. The maximum absolute atomic E-state index is 9.17. The fourth-order valence-electron chi connectivity index (χ4n) is 1.60. The van der Waals surface area contributed by atoms with Crippen LogP contribution < -0.4 is 5.19 Å². The van der Waals surface area contributed by atoms with Crippen LogP contribution in [0.25, 0.3) is 0 Å². The molecule has 1 aromatic rings. The Kier molecular flexibility index (Phi) is 2.67. The van der Waals surface area contributed by atoms with Gasteiger partial charge in [0.05, 0.1) is 0 Å². The van der Waals surface area contributed by atoms with Crippen molar-refractivity contribution in [2.75, 3.05) is 0 Å². The van der Waals surface area contributed by atoms with Gasteiger partial charge in [0, 0.05) is 0 Å². The fraction of sp³-hybridized carbons (Fsp3) is 0.333. The van der Waals surface area contributed by atoms with Crippen molar-refractivity contribution in [2.45, 2.75) is 20.8 Å². The van der Waals surface area contributed by atoms with Gasteiger partial charge in [-0.1, -0.05) is 17.7 Å². The molecule has 0 aromatic heterocycles. The van der Waals surface area contributed by atoms with Crippen LogP contribution in [0, 0.1) is 20.8 Å². The van der Waals surface area contributed by atoms with E-state index >= 15 is 0 Å². The van der Waals surface area contributed by atoms with Gasteiger partial charge in [-0.2, -0.15) is 0 Å². The third-order valence-corrected chi connectivity index (χ3v) is 3.42. The summed E-state index contributed by atoms with van der Waals surface area (Å²) in [5.74, 6) is 0. The summed E-state index contributed by atoms with van der Waals surface area (Å²) in [6.45, 7) is 5.85. The van der Waals surface area contributed by atoms with Crippen LogP contribution in [-0.2, 0) is 0 Å². The molecule has 2 nitrogen and oxygen atoms in total. The van der Waals surface area contributed by atoms with E-state index in [9.17, 15) is 9.59 Å². The minimum Gasteiger partial charge on any atom is -0.410 e. The van der Waals surface area contributed by atoms with Gasteiger partial charge in [-0.05, 0) is 37.1 Å². The van der Waals surface area contributed by atoms with E-state index in [1.807, 2.05) is 32.9 Å². The zero-order chi connectivity index (χ0) is 9.30. The Hall–Kier alpha value is -0.643. The maximum Gasteiger partial charge on any atom is 0.350 e. The molecule has 0 bridgehead atoms. The number of benzene rings is 1. The maximum atomic E-state index is 9.17. The lowest BCUT2D eigenvalue weighted by molar-refractivity contribution is 0.425. The van der Waals surface area contributed by atoms with Crippen LogP contribution in [0.2, 0.25) is 0 Å². The number of aryl methyl sites for hydroxylation is 3. The van der Waals surface area contributed by atoms with Crippen molar-refractivity contribution in [1.82, 2.24) is 0 Å². The van der Waals surface area contributed by atoms with Crippen molar-refractivity contribution in [3.63, 3.8) is 0 Å². The zero-order valence-corrected chi connectivity index (χ0v) is 8.78. The lowest BCUT2D eigenvalue weighted by Crippen LogP contribution is -2.34. The molecule has 0 saturated carbocycles. The normalized spacial score (nSPS) is 10.8. The van der Waals surface area contributed by atoms with Crippen molar-refractivity contribution in [3.8, 4) is 0 Å². The van der Waals surface area contributed by atoms with E-state index in [1.54, 1.807) is 0 Å². The van der Waals surface area contributed by atoms with Crippen LogP contribution in [0.4, 0.5) is 0 Å². The molecule has 12 heavy (non-hydrogen) atoms. The molecule has 0 aliphatic rings. The summed E-state index contributed by atoms with van der Waals surface area (Å²) >= 11 is 0. The Labute approximate surface area is 74.3 Å². The smallest absolute Gasteiger partial charge is 0.350 e. The molecule has 66 valence electrons. The summed E-state index contributed by atoms with van der Waals surface area (Å²) in [6.07, 6.45) is 0. The predicted octanol–water partition coefficient (Wildman–Crippen LogP) is 0.0240. The molecule has 0 fully saturated rings. The molecule has 0 spiro atoms. The Morgan fingerprint density at radius 3 is 1.75 bits per heavy atom. The van der Waals surface area contributed by atoms with E-state index < -0.39 is 9.28 Å². The molecule has 0 aliphatic heterocycles. The van der Waals surface area contributed by atoms with E-state index in [0.29, 0.717) is 0 Å². The Balaban J connectivity index is 3.28. The van der Waals surface area contributed by atoms with Crippen molar-refractivity contribution >= 4 is 14.5 Å². The molecule has 0 radical (unpaired) electrons. The van der Waals surface area contributed by atoms with Crippen molar-refractivity contribution in [3.05, 3.63) is 28.8 Å². The Bertz CT molecular complexity index is 272. The third-order valence-electron chi connectivity index (χ3n) is 2.00. The van der Waals surface area contributed by atoms with E-state index in [1.165, 1.54) is 5.56 Å². The van der Waals surface area contributed by atoms with Gasteiger partial charge in [-0.25, -0.2) is 0 Å². The lowest BCUT2D eigenvalue weighted by atomic mass is 10.1. The van der Waals surface area contributed by atoms with Gasteiger partial charge in [0.2, 0.25) is 0 Å². The predicted molar refractivity (Wildman–Crippen MR) is 51.9 cm³/mol. The molecule has 0 aliphatic carbocycles. The molecule has 0 unspecified atom stereocenters. The SMILES string of the molecule is Cc1cc(C)c([SiH](O)O)c(C)c1. The fourth-order valence-corrected chi connectivity index (χ4v) is 2.58. The Morgan fingerprint density at radius 1 is 1.00 bits per heavy atom. The first kappa shape index (κ1) is 9.44. The summed E-state index contributed by atoms with van der Waals surface area (Å²) in [5, 5.41) is 0.764. The molecular formula is C9H14O2Si. The topological polar surface area (TPSA) is 40.5 Å². The van der Waals surface area contributed by atoms with Crippen LogP contribution in [0.5, 0.6) is 0 Å². The summed E-state index contributed by atoms with van der Waals surface area (Å²) in [7, 11) is -2.63. The second kappa shape index (κ2) is 3.39. The molecular weight excluding hydrogens is 168 g/mol. The van der Waals surface area contributed by atoms with Crippen molar-refractivity contribution in [1.29, 1.82) is 0 Å². The first-order chi connectivity index (χ1) is 5.52. The average molecular weight is 182 g/mol. The van der Waals surface area contributed by atoms with Crippen LogP contribution in [0.1, 0.15) is 16.7 Å². The van der Waals surface area contributed by atoms with E-state index in [2.05, 4.69) is 0 Å². The van der Waals surface area contributed by atoms with Gasteiger partial charge >= 0.3 is 9.28 Å². The highest BCUT2D eigenvalue weighted by molar-refractivity contribution is 6.59. The van der Waals surface area contributed by atoms with Gasteiger partial charge in [0.15, 0.2) is 0 Å². The highest BCUT2D eigenvalue weighted by Gasteiger charge is 2.12. The summed E-state index contributed by atoms with van der Waals surface area (Å²) in [5.41, 5.74) is 3.16. The minimum atomic E-state index is -2.63. The number of rotatable bonds is 1. The number of hydrogen-bond acceptors (Lipinski definition) is 2.